The summed E-state index contributed by atoms with van der Waals surface area (Å²) in [5.74, 6) is 0. The first kappa shape index (κ1) is 13.1. The average molecular weight is 265 g/mol. The highest BCUT2D eigenvalue weighted by molar-refractivity contribution is 6.30. The predicted molar refractivity (Wildman–Crippen MR) is 72.6 cm³/mol. The monoisotopic (exact) mass is 264 g/mol. The lowest BCUT2D eigenvalue weighted by Gasteiger charge is -2.01. The van der Waals surface area contributed by atoms with Crippen molar-refractivity contribution in [3.8, 4) is 0 Å². The third-order valence-corrected chi connectivity index (χ3v) is 2.79. The molecule has 2 aromatic rings. The Labute approximate surface area is 112 Å². The Balaban J connectivity index is 1.94. The summed E-state index contributed by atoms with van der Waals surface area (Å²) in [6.45, 7) is 4.61. The van der Waals surface area contributed by atoms with E-state index in [1.807, 2.05) is 35.1 Å². The van der Waals surface area contributed by atoms with Crippen LogP contribution in [0.3, 0.4) is 0 Å². The second-order valence-corrected chi connectivity index (χ2v) is 4.65. The van der Waals surface area contributed by atoms with Crippen LogP contribution >= 0.6 is 11.6 Å². The number of aromatic nitrogens is 3. The Morgan fingerprint density at radius 1 is 1.39 bits per heavy atom. The van der Waals surface area contributed by atoms with Crippen molar-refractivity contribution in [2.24, 2.45) is 0 Å². The van der Waals surface area contributed by atoms with Crippen LogP contribution in [0.15, 0.2) is 30.5 Å². The zero-order valence-electron chi connectivity index (χ0n) is 10.4. The molecule has 0 unspecified atom stereocenters. The van der Waals surface area contributed by atoms with E-state index < -0.39 is 0 Å². The maximum atomic E-state index is 5.95. The van der Waals surface area contributed by atoms with Gasteiger partial charge in [-0.3, -0.25) is 0 Å². The van der Waals surface area contributed by atoms with Gasteiger partial charge in [0.05, 0.1) is 18.4 Å². The first-order valence-corrected chi connectivity index (χ1v) is 6.50. The summed E-state index contributed by atoms with van der Waals surface area (Å²) in [6.07, 6.45) is 3.08. The molecule has 0 aliphatic carbocycles. The van der Waals surface area contributed by atoms with Gasteiger partial charge in [-0.05, 0) is 30.7 Å². The lowest BCUT2D eigenvalue weighted by molar-refractivity contribution is 0.645. The van der Waals surface area contributed by atoms with E-state index in [0.29, 0.717) is 6.54 Å². The minimum Gasteiger partial charge on any atom is -0.311 e. The van der Waals surface area contributed by atoms with Crippen LogP contribution < -0.4 is 5.32 Å². The molecule has 96 valence electrons. The number of hydrogen-bond donors (Lipinski definition) is 1. The number of rotatable bonds is 6. The van der Waals surface area contributed by atoms with Crippen LogP contribution in [-0.2, 0) is 13.1 Å². The van der Waals surface area contributed by atoms with Crippen LogP contribution in [0, 0.1) is 0 Å². The molecule has 5 heteroatoms. The van der Waals surface area contributed by atoms with E-state index in [1.165, 1.54) is 0 Å². The van der Waals surface area contributed by atoms with Crippen molar-refractivity contribution < 1.29 is 0 Å². The number of benzene rings is 1. The van der Waals surface area contributed by atoms with Gasteiger partial charge < -0.3 is 5.32 Å². The Morgan fingerprint density at radius 3 is 3.06 bits per heavy atom. The van der Waals surface area contributed by atoms with Gasteiger partial charge in [0.1, 0.15) is 0 Å². The van der Waals surface area contributed by atoms with E-state index >= 15 is 0 Å². The minimum absolute atomic E-state index is 0.696. The van der Waals surface area contributed by atoms with Gasteiger partial charge in [-0.1, -0.05) is 35.9 Å². The molecule has 1 heterocycles. The SMILES string of the molecule is CCCNCc1cn(Cc2cccc(Cl)c2)nn1. The van der Waals surface area contributed by atoms with Gasteiger partial charge in [0.2, 0.25) is 0 Å². The number of halogens is 1. The van der Waals surface area contributed by atoms with E-state index in [2.05, 4.69) is 22.6 Å². The Bertz CT molecular complexity index is 495. The standard InChI is InChI=1S/C13H17ClN4/c1-2-6-15-8-13-10-18(17-16-13)9-11-4-3-5-12(14)7-11/h3-5,7,10,15H,2,6,8-9H2,1H3. The van der Waals surface area contributed by atoms with Crippen LogP contribution in [0.1, 0.15) is 24.6 Å². The number of nitrogens with zero attached hydrogens (tertiary/aromatic N) is 3. The molecule has 0 radical (unpaired) electrons. The van der Waals surface area contributed by atoms with E-state index in [9.17, 15) is 0 Å². The molecule has 4 nitrogen and oxygen atoms in total. The fourth-order valence-electron chi connectivity index (χ4n) is 1.71. The van der Waals surface area contributed by atoms with Gasteiger partial charge in [-0.2, -0.15) is 0 Å². The first-order valence-electron chi connectivity index (χ1n) is 6.12. The van der Waals surface area contributed by atoms with Crippen molar-refractivity contribution in [3.05, 3.63) is 46.7 Å². The Kier molecular flexibility index (Phi) is 4.73. The summed E-state index contributed by atoms with van der Waals surface area (Å²) >= 11 is 5.95. The quantitative estimate of drug-likeness (QED) is 0.815. The van der Waals surface area contributed by atoms with Crippen LogP contribution in [-0.4, -0.2) is 21.5 Å². The Hall–Kier alpha value is -1.39. The summed E-state index contributed by atoms with van der Waals surface area (Å²) in [5.41, 5.74) is 2.09. The fourth-order valence-corrected chi connectivity index (χ4v) is 1.93. The van der Waals surface area contributed by atoms with E-state index in [1.54, 1.807) is 0 Å². The molecule has 1 aromatic heterocycles. The second-order valence-electron chi connectivity index (χ2n) is 4.21. The predicted octanol–water partition coefficient (Wildman–Crippen LogP) is 2.48. The number of hydrogen-bond acceptors (Lipinski definition) is 3. The summed E-state index contributed by atoms with van der Waals surface area (Å²) in [6, 6.07) is 7.78. The van der Waals surface area contributed by atoms with E-state index in [4.69, 9.17) is 11.6 Å². The highest BCUT2D eigenvalue weighted by atomic mass is 35.5. The molecule has 0 amide bonds. The molecule has 1 aromatic carbocycles. The molecule has 1 N–H and O–H groups in total. The molecule has 0 bridgehead atoms. The molecule has 0 atom stereocenters. The molecule has 0 saturated heterocycles. The molecule has 18 heavy (non-hydrogen) atoms. The lowest BCUT2D eigenvalue weighted by atomic mass is 10.2. The first-order chi connectivity index (χ1) is 8.78. The van der Waals surface area contributed by atoms with Crippen LogP contribution in [0.4, 0.5) is 0 Å². The van der Waals surface area contributed by atoms with E-state index in [0.717, 1.165) is 35.8 Å². The summed E-state index contributed by atoms with van der Waals surface area (Å²) in [5, 5.41) is 12.3. The van der Waals surface area contributed by atoms with Crippen molar-refractivity contribution in [1.82, 2.24) is 20.3 Å². The van der Waals surface area contributed by atoms with Crippen molar-refractivity contribution in [2.45, 2.75) is 26.4 Å². The van der Waals surface area contributed by atoms with E-state index in [-0.39, 0.29) is 0 Å². The van der Waals surface area contributed by atoms with Gasteiger partial charge in [0.25, 0.3) is 0 Å². The summed E-state index contributed by atoms with van der Waals surface area (Å²) < 4.78 is 1.83. The maximum Gasteiger partial charge on any atom is 0.0964 e. The normalized spacial score (nSPS) is 10.8. The van der Waals surface area contributed by atoms with Crippen LogP contribution in [0.5, 0.6) is 0 Å². The zero-order valence-corrected chi connectivity index (χ0v) is 11.2. The maximum absolute atomic E-state index is 5.95. The van der Waals surface area contributed by atoms with Gasteiger partial charge >= 0.3 is 0 Å². The van der Waals surface area contributed by atoms with Gasteiger partial charge in [0.15, 0.2) is 0 Å². The minimum atomic E-state index is 0.696. The van der Waals surface area contributed by atoms with Gasteiger partial charge in [-0.15, -0.1) is 5.10 Å². The molecule has 0 spiro atoms. The average Bonchev–Trinajstić information content (AvgIpc) is 2.77. The van der Waals surface area contributed by atoms with Crippen LogP contribution in [0.2, 0.25) is 5.02 Å². The van der Waals surface area contributed by atoms with Crippen molar-refractivity contribution in [3.63, 3.8) is 0 Å². The van der Waals surface area contributed by atoms with Crippen molar-refractivity contribution in [2.75, 3.05) is 6.54 Å². The number of nitrogens with one attached hydrogen (secondary N) is 1. The molecule has 0 fully saturated rings. The van der Waals surface area contributed by atoms with Crippen molar-refractivity contribution in [1.29, 1.82) is 0 Å². The van der Waals surface area contributed by atoms with Crippen LogP contribution in [0.25, 0.3) is 0 Å². The molecular weight excluding hydrogens is 248 g/mol. The summed E-state index contributed by atoms with van der Waals surface area (Å²) in [7, 11) is 0. The fraction of sp³-hybridized carbons (Fsp3) is 0.385. The zero-order chi connectivity index (χ0) is 12.8. The largest absolute Gasteiger partial charge is 0.311 e. The van der Waals surface area contributed by atoms with Crippen molar-refractivity contribution >= 4 is 11.6 Å². The molecule has 0 aliphatic rings. The highest BCUT2D eigenvalue weighted by Crippen LogP contribution is 2.11. The smallest absolute Gasteiger partial charge is 0.0964 e. The second kappa shape index (κ2) is 6.52. The third-order valence-electron chi connectivity index (χ3n) is 2.55. The third kappa shape index (κ3) is 3.82. The molecular formula is C13H17ClN4. The topological polar surface area (TPSA) is 42.7 Å². The van der Waals surface area contributed by atoms with Gasteiger partial charge in [0, 0.05) is 11.6 Å². The summed E-state index contributed by atoms with van der Waals surface area (Å²) in [4.78, 5) is 0. The molecule has 0 saturated carbocycles. The molecule has 0 aliphatic heterocycles. The lowest BCUT2D eigenvalue weighted by Crippen LogP contribution is -2.13. The Morgan fingerprint density at radius 2 is 2.28 bits per heavy atom. The van der Waals surface area contributed by atoms with Gasteiger partial charge in [-0.25, -0.2) is 4.68 Å². The molecule has 2 rings (SSSR count). The highest BCUT2D eigenvalue weighted by Gasteiger charge is 2.01.